The second-order valence-corrected chi connectivity index (χ2v) is 6.66. The van der Waals surface area contributed by atoms with Gasteiger partial charge in [0.2, 0.25) is 5.91 Å². The summed E-state index contributed by atoms with van der Waals surface area (Å²) < 4.78 is 16.3. The van der Waals surface area contributed by atoms with Crippen LogP contribution in [0.1, 0.15) is 53.4 Å². The molecule has 0 aliphatic rings. The molecule has 5 nitrogen and oxygen atoms in total. The van der Waals surface area contributed by atoms with Crippen molar-refractivity contribution < 1.29 is 19.0 Å². The lowest BCUT2D eigenvalue weighted by Crippen LogP contribution is -2.27. The average Bonchev–Trinajstić information content (AvgIpc) is 2.49. The summed E-state index contributed by atoms with van der Waals surface area (Å²) in [5.74, 6) is 1.41. The van der Waals surface area contributed by atoms with Gasteiger partial charge in [0.05, 0.1) is 33.0 Å². The maximum atomic E-state index is 11.5. The molecule has 0 saturated carbocycles. The van der Waals surface area contributed by atoms with E-state index in [2.05, 4.69) is 33.0 Å². The molecular formula is C18H37NO4. The molecule has 0 atom stereocenters. The number of nitrogens with one attached hydrogen (secondary N) is 1. The Labute approximate surface area is 142 Å². The molecule has 0 radical (unpaired) electrons. The highest BCUT2D eigenvalue weighted by Crippen LogP contribution is 2.03. The minimum atomic E-state index is 0.105. The Hall–Kier alpha value is -0.650. The van der Waals surface area contributed by atoms with Crippen molar-refractivity contribution in [2.45, 2.75) is 53.4 Å². The zero-order chi connectivity index (χ0) is 17.3. The SMILES string of the molecule is CC(C)CCCOCCOCCOCCNC(=O)CCC(C)C. The number of hydrogen-bond donors (Lipinski definition) is 1. The van der Waals surface area contributed by atoms with Gasteiger partial charge < -0.3 is 19.5 Å². The molecule has 0 aliphatic carbocycles. The minimum absolute atomic E-state index is 0.105. The summed E-state index contributed by atoms with van der Waals surface area (Å²) in [6, 6.07) is 0. The van der Waals surface area contributed by atoms with Crippen LogP contribution in [0.15, 0.2) is 0 Å². The molecule has 0 bridgehead atoms. The molecular weight excluding hydrogens is 294 g/mol. The fourth-order valence-electron chi connectivity index (χ4n) is 1.91. The predicted octanol–water partition coefficient (Wildman–Crippen LogP) is 3.02. The van der Waals surface area contributed by atoms with Crippen LogP contribution in [0.5, 0.6) is 0 Å². The Morgan fingerprint density at radius 1 is 0.783 bits per heavy atom. The summed E-state index contributed by atoms with van der Waals surface area (Å²) >= 11 is 0. The van der Waals surface area contributed by atoms with E-state index in [0.29, 0.717) is 51.9 Å². The zero-order valence-corrected chi connectivity index (χ0v) is 15.6. The molecule has 0 fully saturated rings. The normalized spacial score (nSPS) is 11.4. The van der Waals surface area contributed by atoms with E-state index in [0.717, 1.165) is 25.4 Å². The van der Waals surface area contributed by atoms with E-state index in [9.17, 15) is 4.79 Å². The molecule has 1 amide bonds. The van der Waals surface area contributed by atoms with Crippen LogP contribution in [0, 0.1) is 11.8 Å². The van der Waals surface area contributed by atoms with Crippen molar-refractivity contribution in [2.75, 3.05) is 46.2 Å². The van der Waals surface area contributed by atoms with Crippen molar-refractivity contribution in [3.8, 4) is 0 Å². The van der Waals surface area contributed by atoms with Gasteiger partial charge in [0.1, 0.15) is 0 Å². The Morgan fingerprint density at radius 2 is 1.30 bits per heavy atom. The molecule has 0 aliphatic heterocycles. The number of ether oxygens (including phenoxy) is 3. The van der Waals surface area contributed by atoms with E-state index in [1.165, 1.54) is 6.42 Å². The van der Waals surface area contributed by atoms with Crippen molar-refractivity contribution in [1.29, 1.82) is 0 Å². The van der Waals surface area contributed by atoms with Gasteiger partial charge in [0.15, 0.2) is 0 Å². The van der Waals surface area contributed by atoms with Gasteiger partial charge in [-0.25, -0.2) is 0 Å². The van der Waals surface area contributed by atoms with Crippen LogP contribution in [-0.4, -0.2) is 52.1 Å². The van der Waals surface area contributed by atoms with Gasteiger partial charge in [-0.2, -0.15) is 0 Å². The maximum Gasteiger partial charge on any atom is 0.220 e. The van der Waals surface area contributed by atoms with Gasteiger partial charge in [-0.05, 0) is 31.1 Å². The Morgan fingerprint density at radius 3 is 1.87 bits per heavy atom. The van der Waals surface area contributed by atoms with E-state index in [1.54, 1.807) is 0 Å². The fourth-order valence-corrected chi connectivity index (χ4v) is 1.91. The predicted molar refractivity (Wildman–Crippen MR) is 93.6 cm³/mol. The summed E-state index contributed by atoms with van der Waals surface area (Å²) in [6.07, 6.45) is 3.85. The highest BCUT2D eigenvalue weighted by atomic mass is 16.5. The molecule has 1 N–H and O–H groups in total. The van der Waals surface area contributed by atoms with Gasteiger partial charge in [0, 0.05) is 19.6 Å². The van der Waals surface area contributed by atoms with Crippen LogP contribution in [-0.2, 0) is 19.0 Å². The van der Waals surface area contributed by atoms with E-state index in [-0.39, 0.29) is 5.91 Å². The smallest absolute Gasteiger partial charge is 0.220 e. The molecule has 0 aromatic heterocycles. The van der Waals surface area contributed by atoms with Crippen LogP contribution >= 0.6 is 0 Å². The second kappa shape index (κ2) is 16.2. The molecule has 0 heterocycles. The first-order valence-electron chi connectivity index (χ1n) is 9.02. The van der Waals surface area contributed by atoms with Crippen LogP contribution in [0.2, 0.25) is 0 Å². The van der Waals surface area contributed by atoms with Crippen LogP contribution in [0.4, 0.5) is 0 Å². The molecule has 0 rings (SSSR count). The zero-order valence-electron chi connectivity index (χ0n) is 15.6. The number of rotatable bonds is 16. The summed E-state index contributed by atoms with van der Waals surface area (Å²) in [4.78, 5) is 11.5. The Balaban J connectivity index is 3.12. The third-order valence-electron chi connectivity index (χ3n) is 3.33. The summed E-state index contributed by atoms with van der Waals surface area (Å²) in [6.45, 7) is 13.0. The first-order valence-corrected chi connectivity index (χ1v) is 9.02. The Kier molecular flexibility index (Phi) is 15.8. The molecule has 0 unspecified atom stereocenters. The number of amides is 1. The van der Waals surface area contributed by atoms with Crippen molar-refractivity contribution >= 4 is 5.91 Å². The maximum absolute atomic E-state index is 11.5. The van der Waals surface area contributed by atoms with Crippen molar-refractivity contribution in [2.24, 2.45) is 11.8 Å². The van der Waals surface area contributed by atoms with Gasteiger partial charge in [-0.15, -0.1) is 0 Å². The van der Waals surface area contributed by atoms with Crippen molar-refractivity contribution in [3.63, 3.8) is 0 Å². The number of carbonyl (C=O) groups is 1. The lowest BCUT2D eigenvalue weighted by Gasteiger charge is -2.09. The first-order chi connectivity index (χ1) is 11.0. The molecule has 0 saturated heterocycles. The van der Waals surface area contributed by atoms with Gasteiger partial charge >= 0.3 is 0 Å². The number of hydrogen-bond acceptors (Lipinski definition) is 4. The van der Waals surface area contributed by atoms with E-state index >= 15 is 0 Å². The molecule has 23 heavy (non-hydrogen) atoms. The topological polar surface area (TPSA) is 56.8 Å². The third kappa shape index (κ3) is 19.3. The second-order valence-electron chi connectivity index (χ2n) is 6.66. The quantitative estimate of drug-likeness (QED) is 0.442. The van der Waals surface area contributed by atoms with Crippen LogP contribution in [0.25, 0.3) is 0 Å². The van der Waals surface area contributed by atoms with Gasteiger partial charge in [-0.1, -0.05) is 27.7 Å². The van der Waals surface area contributed by atoms with E-state index in [4.69, 9.17) is 14.2 Å². The van der Waals surface area contributed by atoms with Crippen molar-refractivity contribution in [3.05, 3.63) is 0 Å². The summed E-state index contributed by atoms with van der Waals surface area (Å²) in [7, 11) is 0. The van der Waals surface area contributed by atoms with Gasteiger partial charge in [-0.3, -0.25) is 4.79 Å². The lowest BCUT2D eigenvalue weighted by molar-refractivity contribution is -0.121. The summed E-state index contributed by atoms with van der Waals surface area (Å²) in [5, 5.41) is 2.85. The van der Waals surface area contributed by atoms with E-state index < -0.39 is 0 Å². The molecule has 0 aromatic carbocycles. The minimum Gasteiger partial charge on any atom is -0.379 e. The molecule has 0 spiro atoms. The highest BCUT2D eigenvalue weighted by Gasteiger charge is 2.02. The van der Waals surface area contributed by atoms with Crippen LogP contribution in [0.3, 0.4) is 0 Å². The molecule has 0 aromatic rings. The van der Waals surface area contributed by atoms with Gasteiger partial charge in [0.25, 0.3) is 0 Å². The van der Waals surface area contributed by atoms with Crippen molar-refractivity contribution in [1.82, 2.24) is 5.32 Å². The number of carbonyl (C=O) groups excluding carboxylic acids is 1. The lowest BCUT2D eigenvalue weighted by atomic mass is 10.1. The first kappa shape index (κ1) is 22.4. The largest absolute Gasteiger partial charge is 0.379 e. The highest BCUT2D eigenvalue weighted by molar-refractivity contribution is 5.75. The van der Waals surface area contributed by atoms with Crippen LogP contribution < -0.4 is 5.32 Å². The third-order valence-corrected chi connectivity index (χ3v) is 3.33. The molecule has 5 heteroatoms. The Bertz CT molecular complexity index is 270. The summed E-state index contributed by atoms with van der Waals surface area (Å²) in [5.41, 5.74) is 0. The standard InChI is InChI=1S/C18H37NO4/c1-16(2)6-5-10-21-12-14-23-15-13-22-11-9-19-18(20)8-7-17(3)4/h16-17H,5-15H2,1-4H3,(H,19,20). The van der Waals surface area contributed by atoms with E-state index in [1.807, 2.05) is 0 Å². The molecule has 138 valence electrons. The average molecular weight is 331 g/mol. The fraction of sp³-hybridized carbons (Fsp3) is 0.944. The monoisotopic (exact) mass is 331 g/mol.